The molecule has 0 N–H and O–H groups in total. The van der Waals surface area contributed by atoms with E-state index < -0.39 is 27.6 Å². The first kappa shape index (κ1) is 11.1. The van der Waals surface area contributed by atoms with Gasteiger partial charge in [-0.1, -0.05) is 23.2 Å². The highest BCUT2D eigenvalue weighted by Gasteiger charge is 2.22. The molecule has 14 heavy (non-hydrogen) atoms. The number of hydrogen-bond donors (Lipinski definition) is 0. The first-order valence-corrected chi connectivity index (χ1v) is 4.10. The summed E-state index contributed by atoms with van der Waals surface area (Å²) in [6.07, 6.45) is -2.89. The Morgan fingerprint density at radius 2 is 1.93 bits per heavy atom. The molecule has 1 aromatic rings. The predicted molar refractivity (Wildman–Crippen MR) is 48.1 cm³/mol. The van der Waals surface area contributed by atoms with E-state index >= 15 is 0 Å². The Balaban J connectivity index is 3.40. The molecule has 0 unspecified atom stereocenters. The van der Waals surface area contributed by atoms with E-state index in [1.165, 1.54) is 0 Å². The lowest BCUT2D eigenvalue weighted by Crippen LogP contribution is -1.94. The zero-order valence-electron chi connectivity index (χ0n) is 6.51. The molecule has 1 aromatic carbocycles. The highest BCUT2D eigenvalue weighted by molar-refractivity contribution is 6.35. The van der Waals surface area contributed by atoms with Crippen molar-refractivity contribution in [3.8, 4) is 0 Å². The number of hydrogen-bond acceptors (Lipinski definition) is 2. The molecule has 0 aliphatic carbocycles. The number of benzene rings is 1. The summed E-state index contributed by atoms with van der Waals surface area (Å²) in [5, 5.41) is 9.65. The van der Waals surface area contributed by atoms with Crippen LogP contribution in [0, 0.1) is 10.1 Å². The van der Waals surface area contributed by atoms with Gasteiger partial charge in [0.1, 0.15) is 5.02 Å². The van der Waals surface area contributed by atoms with Gasteiger partial charge in [-0.05, 0) is 6.07 Å². The van der Waals surface area contributed by atoms with Gasteiger partial charge in [0.05, 0.1) is 4.92 Å². The van der Waals surface area contributed by atoms with Gasteiger partial charge in [-0.3, -0.25) is 10.1 Å². The molecule has 7 heteroatoms. The minimum absolute atomic E-state index is 0.142. The average Bonchev–Trinajstić information content (AvgIpc) is 2.07. The normalized spacial score (nSPS) is 10.6. The third-order valence-corrected chi connectivity index (χ3v) is 2.11. The van der Waals surface area contributed by atoms with Gasteiger partial charge < -0.3 is 0 Å². The summed E-state index contributed by atoms with van der Waals surface area (Å²) in [6.45, 7) is 0. The van der Waals surface area contributed by atoms with Crippen LogP contribution < -0.4 is 0 Å². The van der Waals surface area contributed by atoms with E-state index in [1.807, 2.05) is 0 Å². The van der Waals surface area contributed by atoms with E-state index in [-0.39, 0.29) is 5.02 Å². The van der Waals surface area contributed by atoms with Gasteiger partial charge in [0.25, 0.3) is 12.1 Å². The van der Waals surface area contributed by atoms with E-state index in [0.29, 0.717) is 0 Å². The van der Waals surface area contributed by atoms with Crippen LogP contribution in [-0.4, -0.2) is 4.92 Å². The van der Waals surface area contributed by atoms with Gasteiger partial charge in [0, 0.05) is 16.7 Å². The number of nitrogens with zero attached hydrogens (tertiary/aromatic N) is 1. The summed E-state index contributed by atoms with van der Waals surface area (Å²) in [5.41, 5.74) is -1.25. The van der Waals surface area contributed by atoms with Crippen LogP contribution in [0.15, 0.2) is 12.1 Å². The minimum Gasteiger partial charge on any atom is -0.258 e. The second-order valence-electron chi connectivity index (χ2n) is 2.39. The first-order valence-electron chi connectivity index (χ1n) is 3.35. The van der Waals surface area contributed by atoms with Crippen molar-refractivity contribution in [2.24, 2.45) is 0 Å². The van der Waals surface area contributed by atoms with Crippen LogP contribution in [0.4, 0.5) is 14.5 Å². The third-order valence-electron chi connectivity index (χ3n) is 1.48. The van der Waals surface area contributed by atoms with E-state index in [2.05, 4.69) is 0 Å². The van der Waals surface area contributed by atoms with Gasteiger partial charge >= 0.3 is 0 Å². The van der Waals surface area contributed by atoms with Crippen molar-refractivity contribution >= 4 is 28.9 Å². The summed E-state index contributed by atoms with van der Waals surface area (Å²) < 4.78 is 24.6. The number of nitro benzene ring substituents is 1. The zero-order valence-corrected chi connectivity index (χ0v) is 8.02. The molecule has 0 saturated heterocycles. The average molecular weight is 242 g/mol. The summed E-state index contributed by atoms with van der Waals surface area (Å²) in [5.74, 6) is 0. The van der Waals surface area contributed by atoms with Crippen molar-refractivity contribution in [1.82, 2.24) is 0 Å². The summed E-state index contributed by atoms with van der Waals surface area (Å²) in [4.78, 5) is 9.51. The molecular formula is C7H3Cl2F2NO2. The van der Waals surface area contributed by atoms with Crippen LogP contribution >= 0.6 is 23.2 Å². The van der Waals surface area contributed by atoms with Crippen LogP contribution in [0.5, 0.6) is 0 Å². The summed E-state index contributed by atoms with van der Waals surface area (Å²) in [7, 11) is 0. The molecule has 0 radical (unpaired) electrons. The fraction of sp³-hybridized carbons (Fsp3) is 0.143. The maximum Gasteiger partial charge on any atom is 0.289 e. The lowest BCUT2D eigenvalue weighted by Gasteiger charge is -2.03. The Kier molecular flexibility index (Phi) is 3.23. The summed E-state index contributed by atoms with van der Waals surface area (Å²) >= 11 is 10.8. The van der Waals surface area contributed by atoms with Crippen molar-refractivity contribution in [2.45, 2.75) is 6.43 Å². The number of nitro groups is 1. The van der Waals surface area contributed by atoms with Crippen LogP contribution in [0.2, 0.25) is 10.0 Å². The van der Waals surface area contributed by atoms with Crippen LogP contribution in [0.25, 0.3) is 0 Å². The Hall–Kier alpha value is -0.940. The predicted octanol–water partition coefficient (Wildman–Crippen LogP) is 3.84. The molecule has 76 valence electrons. The van der Waals surface area contributed by atoms with Gasteiger partial charge in [-0.15, -0.1) is 0 Å². The number of halogens is 4. The second kappa shape index (κ2) is 4.06. The smallest absolute Gasteiger partial charge is 0.258 e. The largest absolute Gasteiger partial charge is 0.289 e. The highest BCUT2D eigenvalue weighted by atomic mass is 35.5. The third kappa shape index (κ3) is 2.10. The molecule has 0 aliphatic heterocycles. The molecule has 0 fully saturated rings. The molecule has 0 heterocycles. The number of rotatable bonds is 2. The highest BCUT2D eigenvalue weighted by Crippen LogP contribution is 2.36. The van der Waals surface area contributed by atoms with E-state index in [9.17, 15) is 18.9 Å². The van der Waals surface area contributed by atoms with Crippen LogP contribution in [0.1, 0.15) is 12.0 Å². The van der Waals surface area contributed by atoms with E-state index in [1.54, 1.807) is 0 Å². The van der Waals surface area contributed by atoms with Crippen LogP contribution in [0.3, 0.4) is 0 Å². The second-order valence-corrected chi connectivity index (χ2v) is 3.20. The standard InChI is InChI=1S/C7H3Cl2F2NO2/c8-3-1-4(7(10)11)6(9)5(2-3)12(13)14/h1-2,7H. The van der Waals surface area contributed by atoms with Crippen molar-refractivity contribution < 1.29 is 13.7 Å². The van der Waals surface area contributed by atoms with Gasteiger partial charge in [-0.25, -0.2) is 8.78 Å². The van der Waals surface area contributed by atoms with Crippen LogP contribution in [-0.2, 0) is 0 Å². The van der Waals surface area contributed by atoms with Crippen molar-refractivity contribution in [2.75, 3.05) is 0 Å². The monoisotopic (exact) mass is 241 g/mol. The molecule has 0 saturated carbocycles. The van der Waals surface area contributed by atoms with E-state index in [4.69, 9.17) is 23.2 Å². The Labute approximate surface area is 87.4 Å². The fourth-order valence-electron chi connectivity index (χ4n) is 0.887. The molecule has 3 nitrogen and oxygen atoms in total. The quantitative estimate of drug-likeness (QED) is 0.584. The molecule has 0 aliphatic rings. The lowest BCUT2D eigenvalue weighted by atomic mass is 10.2. The van der Waals surface area contributed by atoms with Gasteiger partial charge in [0.15, 0.2) is 0 Å². The zero-order chi connectivity index (χ0) is 10.9. The van der Waals surface area contributed by atoms with Gasteiger partial charge in [-0.2, -0.15) is 0 Å². The summed E-state index contributed by atoms with van der Waals surface area (Å²) in [6, 6.07) is 1.83. The van der Waals surface area contributed by atoms with Crippen molar-refractivity contribution in [3.05, 3.63) is 37.9 Å². The molecule has 0 atom stereocenters. The SMILES string of the molecule is O=[N+]([O-])c1cc(Cl)cc(C(F)F)c1Cl. The maximum absolute atomic E-state index is 12.3. The minimum atomic E-state index is -2.89. The molecule has 0 bridgehead atoms. The maximum atomic E-state index is 12.3. The molecule has 0 aromatic heterocycles. The molecular weight excluding hydrogens is 239 g/mol. The Bertz CT molecular complexity index is 384. The Morgan fingerprint density at radius 3 is 2.36 bits per heavy atom. The molecule has 0 spiro atoms. The van der Waals surface area contributed by atoms with Crippen molar-refractivity contribution in [3.63, 3.8) is 0 Å². The topological polar surface area (TPSA) is 43.1 Å². The Morgan fingerprint density at radius 1 is 1.36 bits per heavy atom. The molecule has 1 rings (SSSR count). The number of alkyl halides is 2. The fourth-order valence-corrected chi connectivity index (χ4v) is 1.37. The van der Waals surface area contributed by atoms with Crippen molar-refractivity contribution in [1.29, 1.82) is 0 Å². The lowest BCUT2D eigenvalue weighted by molar-refractivity contribution is -0.384. The first-order chi connectivity index (χ1) is 6.43. The van der Waals surface area contributed by atoms with Gasteiger partial charge in [0.2, 0.25) is 0 Å². The molecule has 0 amide bonds. The van der Waals surface area contributed by atoms with E-state index in [0.717, 1.165) is 12.1 Å².